The van der Waals surface area contributed by atoms with Gasteiger partial charge in [0.15, 0.2) is 5.78 Å². The predicted octanol–water partition coefficient (Wildman–Crippen LogP) is -0.421. The van der Waals surface area contributed by atoms with Crippen LogP contribution in [0.1, 0.15) is 11.1 Å². The minimum Gasteiger partial charge on any atom is -0.389 e. The Morgan fingerprint density at radius 3 is 1.79 bits per heavy atom. The van der Waals surface area contributed by atoms with Crippen molar-refractivity contribution < 1.29 is 25.2 Å². The fourth-order valence-corrected chi connectivity index (χ4v) is 2.72. The third-order valence-electron chi connectivity index (χ3n) is 4.39. The molecule has 0 spiro atoms. The topological polar surface area (TPSA) is 122 Å². The van der Waals surface area contributed by atoms with Gasteiger partial charge in [-0.25, -0.2) is 0 Å². The summed E-state index contributed by atoms with van der Waals surface area (Å²) >= 11 is 0. The van der Waals surface area contributed by atoms with Gasteiger partial charge in [-0.3, -0.25) is 4.79 Å². The van der Waals surface area contributed by atoms with E-state index >= 15 is 0 Å². The molecule has 4 atom stereocenters. The van der Waals surface area contributed by atoms with Gasteiger partial charge >= 0.3 is 0 Å². The SMILES string of the molecule is O=C(CNCc1ccccc1)C(O)C(O)C(O)C(O)CNCc1ccccc1. The van der Waals surface area contributed by atoms with E-state index in [4.69, 9.17) is 0 Å². The molecule has 2 rings (SSSR count). The normalized spacial score (nSPS) is 15.6. The molecule has 7 heteroatoms. The van der Waals surface area contributed by atoms with Gasteiger partial charge in [0.05, 0.1) is 12.6 Å². The molecule has 0 aliphatic rings. The number of aliphatic hydroxyl groups is 4. The van der Waals surface area contributed by atoms with Crippen molar-refractivity contribution in [2.45, 2.75) is 37.5 Å². The Bertz CT molecular complexity index is 698. The second kappa shape index (κ2) is 11.7. The van der Waals surface area contributed by atoms with Gasteiger partial charge in [0.1, 0.15) is 18.3 Å². The van der Waals surface area contributed by atoms with Crippen molar-refractivity contribution in [2.75, 3.05) is 13.1 Å². The van der Waals surface area contributed by atoms with Gasteiger partial charge in [-0.05, 0) is 11.1 Å². The number of rotatable bonds is 12. The highest BCUT2D eigenvalue weighted by molar-refractivity contribution is 5.85. The van der Waals surface area contributed by atoms with Gasteiger partial charge < -0.3 is 31.1 Å². The summed E-state index contributed by atoms with van der Waals surface area (Å²) in [6.45, 7) is 0.748. The zero-order valence-corrected chi connectivity index (χ0v) is 15.6. The Kier molecular flexibility index (Phi) is 9.22. The van der Waals surface area contributed by atoms with Crippen LogP contribution in [0, 0.1) is 0 Å². The fraction of sp³-hybridized carbons (Fsp3) is 0.381. The molecular weight excluding hydrogens is 360 g/mol. The van der Waals surface area contributed by atoms with E-state index in [1.54, 1.807) is 0 Å². The van der Waals surface area contributed by atoms with E-state index < -0.39 is 30.2 Å². The lowest BCUT2D eigenvalue weighted by atomic mass is 10.00. The molecule has 2 aromatic rings. The van der Waals surface area contributed by atoms with E-state index in [2.05, 4.69) is 10.6 Å². The Balaban J connectivity index is 1.71. The van der Waals surface area contributed by atoms with E-state index in [0.29, 0.717) is 13.1 Å². The first kappa shape index (κ1) is 22.2. The van der Waals surface area contributed by atoms with E-state index in [-0.39, 0.29) is 13.1 Å². The van der Waals surface area contributed by atoms with Crippen molar-refractivity contribution >= 4 is 5.78 Å². The average molecular weight is 388 g/mol. The molecule has 0 amide bonds. The molecule has 0 aliphatic heterocycles. The van der Waals surface area contributed by atoms with Crippen molar-refractivity contribution in [3.8, 4) is 0 Å². The molecule has 4 unspecified atom stereocenters. The highest BCUT2D eigenvalue weighted by atomic mass is 16.4. The van der Waals surface area contributed by atoms with Crippen LogP contribution in [-0.2, 0) is 17.9 Å². The Morgan fingerprint density at radius 2 is 1.25 bits per heavy atom. The van der Waals surface area contributed by atoms with Crippen molar-refractivity contribution in [2.24, 2.45) is 0 Å². The maximum absolute atomic E-state index is 12.0. The van der Waals surface area contributed by atoms with Gasteiger partial charge in [-0.15, -0.1) is 0 Å². The van der Waals surface area contributed by atoms with Crippen molar-refractivity contribution in [1.82, 2.24) is 10.6 Å². The average Bonchev–Trinajstić information content (AvgIpc) is 2.73. The number of benzene rings is 2. The molecular formula is C21H28N2O5. The predicted molar refractivity (Wildman–Crippen MR) is 105 cm³/mol. The smallest absolute Gasteiger partial charge is 0.177 e. The van der Waals surface area contributed by atoms with E-state index in [1.807, 2.05) is 60.7 Å². The van der Waals surface area contributed by atoms with Gasteiger partial charge in [0.25, 0.3) is 0 Å². The minimum absolute atomic E-state index is 0.000286. The summed E-state index contributed by atoms with van der Waals surface area (Å²) in [6, 6.07) is 18.9. The molecule has 0 aromatic heterocycles. The molecule has 152 valence electrons. The summed E-state index contributed by atoms with van der Waals surface area (Å²) in [5.74, 6) is -0.660. The minimum atomic E-state index is -1.79. The monoisotopic (exact) mass is 388 g/mol. The van der Waals surface area contributed by atoms with Crippen LogP contribution in [0.4, 0.5) is 0 Å². The summed E-state index contributed by atoms with van der Waals surface area (Å²) in [6.07, 6.45) is -6.56. The van der Waals surface area contributed by atoms with Crippen LogP contribution in [-0.4, -0.2) is 63.7 Å². The standard InChI is InChI=1S/C21H28N2O5/c24-17(13-22-11-15-7-3-1-4-8-15)19(26)21(28)20(27)18(25)14-23-12-16-9-5-2-6-10-16/h1-10,17,19-24,26-28H,11-14H2. The van der Waals surface area contributed by atoms with Crippen LogP contribution in [0.2, 0.25) is 0 Å². The molecule has 28 heavy (non-hydrogen) atoms. The highest BCUT2D eigenvalue weighted by Gasteiger charge is 2.33. The first-order valence-electron chi connectivity index (χ1n) is 9.23. The number of Topliss-reactive ketones (excluding diaryl/α,β-unsaturated/α-hetero) is 1. The number of carbonyl (C=O) groups excluding carboxylic acids is 1. The van der Waals surface area contributed by atoms with Gasteiger partial charge in [-0.2, -0.15) is 0 Å². The van der Waals surface area contributed by atoms with Crippen molar-refractivity contribution in [1.29, 1.82) is 0 Å². The number of aliphatic hydroxyl groups excluding tert-OH is 4. The second-order valence-electron chi connectivity index (χ2n) is 6.67. The third-order valence-corrected chi connectivity index (χ3v) is 4.39. The van der Waals surface area contributed by atoms with E-state index in [9.17, 15) is 25.2 Å². The van der Waals surface area contributed by atoms with Gasteiger partial charge in [-0.1, -0.05) is 60.7 Å². The highest BCUT2D eigenvalue weighted by Crippen LogP contribution is 2.07. The molecule has 7 nitrogen and oxygen atoms in total. The quantitative estimate of drug-likeness (QED) is 0.292. The summed E-state index contributed by atoms with van der Waals surface area (Å²) < 4.78 is 0. The van der Waals surface area contributed by atoms with Crippen LogP contribution in [0.15, 0.2) is 60.7 Å². The molecule has 0 radical (unpaired) electrons. The summed E-state index contributed by atoms with van der Waals surface area (Å²) in [5, 5.41) is 45.9. The lowest BCUT2D eigenvalue weighted by Crippen LogP contribution is -2.51. The number of carbonyl (C=O) groups is 1. The summed E-state index contributed by atoms with van der Waals surface area (Å²) in [4.78, 5) is 12.0. The molecule has 0 saturated heterocycles. The van der Waals surface area contributed by atoms with Crippen LogP contribution in [0.25, 0.3) is 0 Å². The molecule has 6 N–H and O–H groups in total. The molecule has 0 fully saturated rings. The lowest BCUT2D eigenvalue weighted by Gasteiger charge is -2.26. The van der Waals surface area contributed by atoms with Gasteiger partial charge in [0.2, 0.25) is 0 Å². The number of hydrogen-bond acceptors (Lipinski definition) is 7. The maximum Gasteiger partial charge on any atom is 0.177 e. The van der Waals surface area contributed by atoms with E-state index in [0.717, 1.165) is 11.1 Å². The number of ketones is 1. The summed E-state index contributed by atoms with van der Waals surface area (Å²) in [5.41, 5.74) is 1.98. The second-order valence-corrected chi connectivity index (χ2v) is 6.67. The molecule has 0 aliphatic carbocycles. The lowest BCUT2D eigenvalue weighted by molar-refractivity contribution is -0.143. The number of nitrogens with one attached hydrogen (secondary N) is 2. The Labute approximate surface area is 164 Å². The first-order valence-corrected chi connectivity index (χ1v) is 9.23. The molecule has 0 heterocycles. The van der Waals surface area contributed by atoms with Crippen LogP contribution in [0.3, 0.4) is 0 Å². The maximum atomic E-state index is 12.0. The molecule has 0 saturated carbocycles. The Morgan fingerprint density at radius 1 is 0.750 bits per heavy atom. The number of hydrogen-bond donors (Lipinski definition) is 6. The molecule has 0 bridgehead atoms. The zero-order valence-electron chi connectivity index (χ0n) is 15.6. The largest absolute Gasteiger partial charge is 0.389 e. The van der Waals surface area contributed by atoms with E-state index in [1.165, 1.54) is 0 Å². The Hall–Kier alpha value is -2.13. The first-order chi connectivity index (χ1) is 13.5. The molecule has 2 aromatic carbocycles. The van der Waals surface area contributed by atoms with Crippen LogP contribution in [0.5, 0.6) is 0 Å². The fourth-order valence-electron chi connectivity index (χ4n) is 2.72. The van der Waals surface area contributed by atoms with Crippen molar-refractivity contribution in [3.63, 3.8) is 0 Å². The third kappa shape index (κ3) is 7.12. The van der Waals surface area contributed by atoms with Crippen molar-refractivity contribution in [3.05, 3.63) is 71.8 Å². The van der Waals surface area contributed by atoms with Gasteiger partial charge in [0, 0.05) is 19.6 Å². The zero-order chi connectivity index (χ0) is 20.4. The summed E-state index contributed by atoms with van der Waals surface area (Å²) in [7, 11) is 0. The van der Waals surface area contributed by atoms with Crippen LogP contribution < -0.4 is 10.6 Å². The van der Waals surface area contributed by atoms with Crippen LogP contribution >= 0.6 is 0 Å².